The van der Waals surface area contributed by atoms with Crippen LogP contribution in [0.2, 0.25) is 10.0 Å². The first-order chi connectivity index (χ1) is 16.5. The number of hydrogen-bond acceptors (Lipinski definition) is 4. The fraction of sp³-hybridized carbons (Fsp3) is 0. The number of benzene rings is 2. The Morgan fingerprint density at radius 2 is 1.03 bits per heavy atom. The van der Waals surface area contributed by atoms with Crippen molar-refractivity contribution in [3.8, 4) is 33.4 Å². The van der Waals surface area contributed by atoms with E-state index in [4.69, 9.17) is 23.2 Å². The van der Waals surface area contributed by atoms with E-state index in [9.17, 15) is 9.59 Å². The number of pyridine rings is 2. The molecule has 166 valence electrons. The van der Waals surface area contributed by atoms with Gasteiger partial charge >= 0.3 is 0 Å². The molecule has 0 radical (unpaired) electrons. The first-order valence-corrected chi connectivity index (χ1v) is 11.0. The zero-order chi connectivity index (χ0) is 24.2. The van der Waals surface area contributed by atoms with E-state index in [1.165, 1.54) is 0 Å². The molecule has 4 aromatic rings. The smallest absolute Gasteiger partial charge is 0.169 e. The van der Waals surface area contributed by atoms with Gasteiger partial charge in [0.1, 0.15) is 11.4 Å². The summed E-state index contributed by atoms with van der Waals surface area (Å²) in [6.45, 7) is 7.51. The summed E-state index contributed by atoms with van der Waals surface area (Å²) in [5.74, 6) is 0. The number of carbonyl (C=O) groups excluding carboxylic acids is 2. The van der Waals surface area contributed by atoms with E-state index >= 15 is 0 Å². The highest BCUT2D eigenvalue weighted by atomic mass is 35.5. The van der Waals surface area contributed by atoms with Gasteiger partial charge < -0.3 is 0 Å². The number of carbonyl (C=O) groups is 2. The topological polar surface area (TPSA) is 59.9 Å². The van der Waals surface area contributed by atoms with Crippen molar-refractivity contribution >= 4 is 47.9 Å². The molecule has 0 unspecified atom stereocenters. The van der Waals surface area contributed by atoms with Gasteiger partial charge in [0.15, 0.2) is 12.6 Å². The monoisotopic (exact) mass is 484 g/mol. The van der Waals surface area contributed by atoms with Gasteiger partial charge in [-0.05, 0) is 12.1 Å². The van der Waals surface area contributed by atoms with E-state index in [1.54, 1.807) is 24.5 Å². The highest BCUT2D eigenvalue weighted by molar-refractivity contribution is 6.39. The molecule has 0 aliphatic rings. The van der Waals surface area contributed by atoms with E-state index in [0.29, 0.717) is 45.1 Å². The van der Waals surface area contributed by atoms with Gasteiger partial charge in [-0.3, -0.25) is 19.6 Å². The van der Waals surface area contributed by atoms with Crippen molar-refractivity contribution in [2.75, 3.05) is 0 Å². The minimum absolute atomic E-state index is 0.315. The lowest BCUT2D eigenvalue weighted by Crippen LogP contribution is -1.94. The van der Waals surface area contributed by atoms with Crippen molar-refractivity contribution in [2.45, 2.75) is 0 Å². The van der Waals surface area contributed by atoms with Crippen LogP contribution in [-0.2, 0) is 0 Å². The van der Waals surface area contributed by atoms with Crippen LogP contribution in [0.4, 0.5) is 0 Å². The van der Waals surface area contributed by atoms with Gasteiger partial charge in [-0.2, -0.15) is 0 Å². The number of aromatic nitrogens is 2. The van der Waals surface area contributed by atoms with Crippen LogP contribution in [0.3, 0.4) is 0 Å². The van der Waals surface area contributed by atoms with Crippen LogP contribution in [0.15, 0.2) is 74.1 Å². The fourth-order valence-electron chi connectivity index (χ4n) is 3.73. The normalized spacial score (nSPS) is 10.5. The van der Waals surface area contributed by atoms with Crippen molar-refractivity contribution in [3.05, 3.63) is 107 Å². The van der Waals surface area contributed by atoms with Crippen molar-refractivity contribution in [1.29, 1.82) is 0 Å². The van der Waals surface area contributed by atoms with Crippen LogP contribution in [0.1, 0.15) is 32.1 Å². The fourth-order valence-corrected chi connectivity index (χ4v) is 4.40. The zero-order valence-corrected chi connectivity index (χ0v) is 19.5. The summed E-state index contributed by atoms with van der Waals surface area (Å²) in [6.07, 6.45) is 7.77. The van der Waals surface area contributed by atoms with Gasteiger partial charge in [0.2, 0.25) is 0 Å². The van der Waals surface area contributed by atoms with Crippen LogP contribution in [0.25, 0.3) is 45.5 Å². The van der Waals surface area contributed by atoms with Crippen LogP contribution in [0.5, 0.6) is 0 Å². The van der Waals surface area contributed by atoms with E-state index in [2.05, 4.69) is 23.1 Å². The minimum atomic E-state index is 0.315. The molecule has 2 aromatic heterocycles. The first kappa shape index (κ1) is 23.3. The third-order valence-electron chi connectivity index (χ3n) is 5.47. The van der Waals surface area contributed by atoms with Gasteiger partial charge in [0, 0.05) is 56.9 Å². The van der Waals surface area contributed by atoms with Crippen molar-refractivity contribution in [2.24, 2.45) is 0 Å². The summed E-state index contributed by atoms with van der Waals surface area (Å²) >= 11 is 13.7. The highest BCUT2D eigenvalue weighted by Crippen LogP contribution is 2.42. The number of aldehydes is 2. The molecule has 0 fully saturated rings. The summed E-state index contributed by atoms with van der Waals surface area (Å²) in [6, 6.07) is 15.0. The van der Waals surface area contributed by atoms with E-state index in [0.717, 1.165) is 33.4 Å². The van der Waals surface area contributed by atoms with Gasteiger partial charge in [0.05, 0.1) is 10.0 Å². The van der Waals surface area contributed by atoms with Crippen LogP contribution in [-0.4, -0.2) is 22.5 Å². The van der Waals surface area contributed by atoms with E-state index in [-0.39, 0.29) is 0 Å². The van der Waals surface area contributed by atoms with E-state index < -0.39 is 0 Å². The summed E-state index contributed by atoms with van der Waals surface area (Å²) in [7, 11) is 0. The lowest BCUT2D eigenvalue weighted by Gasteiger charge is -2.14. The second-order valence-corrected chi connectivity index (χ2v) is 8.13. The Hall–Kier alpha value is -3.86. The van der Waals surface area contributed by atoms with Crippen molar-refractivity contribution in [3.63, 3.8) is 0 Å². The largest absolute Gasteiger partial charge is 0.296 e. The number of rotatable bonds is 7. The van der Waals surface area contributed by atoms with Crippen LogP contribution in [0, 0.1) is 0 Å². The van der Waals surface area contributed by atoms with Crippen molar-refractivity contribution in [1.82, 2.24) is 9.97 Å². The Kier molecular flexibility index (Phi) is 6.82. The molecule has 0 aliphatic heterocycles. The Morgan fingerprint density at radius 3 is 1.38 bits per heavy atom. The molecule has 0 aliphatic carbocycles. The van der Waals surface area contributed by atoms with Crippen LogP contribution < -0.4 is 0 Å². The summed E-state index contributed by atoms with van der Waals surface area (Å²) in [4.78, 5) is 30.9. The quantitative estimate of drug-likeness (QED) is 0.252. The maximum atomic E-state index is 11.2. The molecular formula is C28H18Cl2N2O2. The molecule has 2 aromatic carbocycles. The first-order valence-electron chi connectivity index (χ1n) is 10.3. The molecule has 34 heavy (non-hydrogen) atoms. The molecule has 4 rings (SSSR count). The molecule has 0 N–H and O–H groups in total. The Balaban J connectivity index is 1.85. The Labute approximate surface area is 207 Å². The third kappa shape index (κ3) is 4.21. The average Bonchev–Trinajstić information content (AvgIpc) is 2.88. The maximum Gasteiger partial charge on any atom is 0.169 e. The molecule has 6 heteroatoms. The lowest BCUT2D eigenvalue weighted by molar-refractivity contribution is 0.111. The summed E-state index contributed by atoms with van der Waals surface area (Å²) < 4.78 is 0. The van der Waals surface area contributed by atoms with E-state index in [1.807, 2.05) is 48.5 Å². The number of hydrogen-bond donors (Lipinski definition) is 0. The SMILES string of the molecule is C=Cc1cc(-c2cccc(-c3cccc(-c4cnc(C=O)c(C=C)c4)c3Cl)c2Cl)cnc1C=O. The van der Waals surface area contributed by atoms with Crippen molar-refractivity contribution < 1.29 is 9.59 Å². The minimum Gasteiger partial charge on any atom is -0.296 e. The van der Waals surface area contributed by atoms with Gasteiger partial charge in [-0.25, -0.2) is 0 Å². The number of nitrogens with zero attached hydrogens (tertiary/aromatic N) is 2. The molecule has 4 nitrogen and oxygen atoms in total. The predicted molar refractivity (Wildman–Crippen MR) is 139 cm³/mol. The molecule has 0 atom stereocenters. The Morgan fingerprint density at radius 1 is 0.647 bits per heavy atom. The molecule has 0 saturated carbocycles. The molecule has 0 spiro atoms. The zero-order valence-electron chi connectivity index (χ0n) is 18.0. The predicted octanol–water partition coefficient (Wildman–Crippen LogP) is 7.70. The molecule has 0 bridgehead atoms. The van der Waals surface area contributed by atoms with Gasteiger partial charge in [0.25, 0.3) is 0 Å². The molecular weight excluding hydrogens is 467 g/mol. The van der Waals surface area contributed by atoms with Gasteiger partial charge in [-0.15, -0.1) is 0 Å². The number of halogens is 2. The second kappa shape index (κ2) is 9.96. The third-order valence-corrected chi connectivity index (χ3v) is 6.29. The molecule has 2 heterocycles. The highest BCUT2D eigenvalue weighted by Gasteiger charge is 2.17. The Bertz CT molecular complexity index is 1350. The second-order valence-electron chi connectivity index (χ2n) is 7.38. The average molecular weight is 485 g/mol. The lowest BCUT2D eigenvalue weighted by atomic mass is 9.95. The summed E-state index contributed by atoms with van der Waals surface area (Å²) in [5.41, 5.74) is 6.37. The maximum absolute atomic E-state index is 11.2. The standard InChI is InChI=1S/C28H18Cl2N2O2/c1-3-17-11-19(13-31-25(17)15-33)21-7-5-9-23(27(21)29)24-10-6-8-22(28(24)30)20-12-18(4-2)26(16-34)32-14-20/h3-16H,1-2H2. The molecule has 0 amide bonds. The van der Waals surface area contributed by atoms with Gasteiger partial charge in [-0.1, -0.05) is 84.9 Å². The molecule has 0 saturated heterocycles. The summed E-state index contributed by atoms with van der Waals surface area (Å²) in [5, 5.41) is 0.997. The van der Waals surface area contributed by atoms with Crippen LogP contribution >= 0.6 is 23.2 Å².